The molecule has 1 heterocycles. The number of pyridine rings is 1. The first-order valence-corrected chi connectivity index (χ1v) is 5.65. The lowest BCUT2D eigenvalue weighted by atomic mass is 10.1. The minimum absolute atomic E-state index is 0.100. The quantitative estimate of drug-likeness (QED) is 0.481. The predicted octanol–water partition coefficient (Wildman–Crippen LogP) is 2.95. The Morgan fingerprint density at radius 1 is 1.60 bits per heavy atom. The molecular weight excluding hydrogens is 260 g/mol. The van der Waals surface area contributed by atoms with E-state index in [1.807, 2.05) is 0 Å². The summed E-state index contributed by atoms with van der Waals surface area (Å²) < 4.78 is 0. The Labute approximate surface area is 97.0 Å². The van der Waals surface area contributed by atoms with Gasteiger partial charge in [-0.1, -0.05) is 29.8 Å². The first-order valence-electron chi connectivity index (χ1n) is 4.74. The smallest absolute Gasteiger partial charge is 0.261 e. The Balaban J connectivity index is 2.78. The molecule has 1 atom stereocenters. The zero-order valence-corrected chi connectivity index (χ0v) is 10.3. The number of halogens is 1. The highest BCUT2D eigenvalue weighted by molar-refractivity contribution is 9.09. The second-order valence-electron chi connectivity index (χ2n) is 3.73. The van der Waals surface area contributed by atoms with E-state index in [1.54, 1.807) is 0 Å². The van der Waals surface area contributed by atoms with Gasteiger partial charge in [-0.2, -0.15) is 0 Å². The number of nitrogens with zero attached hydrogens (tertiary/aromatic N) is 2. The fraction of sp³-hybridized carbons (Fsp3) is 0.500. The zero-order valence-electron chi connectivity index (χ0n) is 8.68. The summed E-state index contributed by atoms with van der Waals surface area (Å²) >= 11 is 3.53. The molecule has 1 unspecified atom stereocenters. The highest BCUT2D eigenvalue weighted by atomic mass is 79.9. The van der Waals surface area contributed by atoms with Crippen molar-refractivity contribution in [3.63, 3.8) is 0 Å². The molecule has 1 aromatic heterocycles. The van der Waals surface area contributed by atoms with Crippen molar-refractivity contribution in [3.8, 4) is 0 Å². The van der Waals surface area contributed by atoms with E-state index < -0.39 is 4.92 Å². The molecule has 0 aliphatic rings. The van der Waals surface area contributed by atoms with Gasteiger partial charge >= 0.3 is 0 Å². The predicted molar refractivity (Wildman–Crippen MR) is 62.1 cm³/mol. The molecule has 1 aromatic rings. The van der Waals surface area contributed by atoms with Crippen LogP contribution in [0.5, 0.6) is 0 Å². The Kier molecular flexibility index (Phi) is 4.20. The highest BCUT2D eigenvalue weighted by Crippen LogP contribution is 2.19. The van der Waals surface area contributed by atoms with Gasteiger partial charge in [-0.3, -0.25) is 15.1 Å². The van der Waals surface area contributed by atoms with E-state index >= 15 is 0 Å². The molecule has 0 fully saturated rings. The first kappa shape index (κ1) is 12.1. The van der Waals surface area contributed by atoms with Crippen molar-refractivity contribution < 1.29 is 4.92 Å². The van der Waals surface area contributed by atoms with Crippen molar-refractivity contribution in [1.82, 2.24) is 4.98 Å². The molecule has 82 valence electrons. The van der Waals surface area contributed by atoms with Crippen molar-refractivity contribution in [3.05, 3.63) is 34.1 Å². The molecule has 0 spiro atoms. The van der Waals surface area contributed by atoms with Gasteiger partial charge in [-0.05, 0) is 5.92 Å². The van der Waals surface area contributed by atoms with E-state index in [4.69, 9.17) is 0 Å². The standard InChI is InChI=1S/C10H13BrN2O2/c1-7(2)10(11)6-8-5-9(13(14)15)3-4-12-8/h3-5,7,10H,6H2,1-2H3. The summed E-state index contributed by atoms with van der Waals surface area (Å²) in [6, 6.07) is 2.93. The minimum atomic E-state index is -0.399. The summed E-state index contributed by atoms with van der Waals surface area (Å²) in [5.74, 6) is 0.478. The van der Waals surface area contributed by atoms with Crippen molar-refractivity contribution in [2.45, 2.75) is 25.1 Å². The number of rotatable bonds is 4. The maximum Gasteiger partial charge on any atom is 0.272 e. The van der Waals surface area contributed by atoms with Crippen molar-refractivity contribution in [2.24, 2.45) is 5.92 Å². The Bertz CT molecular complexity index is 355. The second kappa shape index (κ2) is 5.21. The van der Waals surface area contributed by atoms with Gasteiger partial charge in [-0.25, -0.2) is 0 Å². The molecule has 0 aliphatic carbocycles. The number of hydrogen-bond acceptors (Lipinski definition) is 3. The van der Waals surface area contributed by atoms with Gasteiger partial charge in [0.25, 0.3) is 5.69 Å². The van der Waals surface area contributed by atoms with Crippen LogP contribution in [0.2, 0.25) is 0 Å². The Hall–Kier alpha value is -0.970. The summed E-state index contributed by atoms with van der Waals surface area (Å²) in [5, 5.41) is 10.5. The van der Waals surface area contributed by atoms with Crippen LogP contribution in [-0.2, 0) is 6.42 Å². The van der Waals surface area contributed by atoms with Crippen LogP contribution < -0.4 is 0 Å². The number of aromatic nitrogens is 1. The van der Waals surface area contributed by atoms with Crippen LogP contribution in [0.4, 0.5) is 5.69 Å². The minimum Gasteiger partial charge on any atom is -0.261 e. The van der Waals surface area contributed by atoms with Gasteiger partial charge in [0, 0.05) is 35.3 Å². The van der Waals surface area contributed by atoms with Crippen molar-refractivity contribution in [1.29, 1.82) is 0 Å². The van der Waals surface area contributed by atoms with Crippen molar-refractivity contribution >= 4 is 21.6 Å². The molecule has 0 saturated heterocycles. The zero-order chi connectivity index (χ0) is 11.4. The van der Waals surface area contributed by atoms with Gasteiger partial charge in [0.2, 0.25) is 0 Å². The maximum absolute atomic E-state index is 10.5. The van der Waals surface area contributed by atoms with Crippen LogP contribution >= 0.6 is 15.9 Å². The Morgan fingerprint density at radius 3 is 2.80 bits per heavy atom. The molecular formula is C10H13BrN2O2. The molecule has 15 heavy (non-hydrogen) atoms. The normalized spacial score (nSPS) is 12.8. The summed E-state index contributed by atoms with van der Waals surface area (Å²) in [7, 11) is 0. The van der Waals surface area contributed by atoms with Crippen LogP contribution in [-0.4, -0.2) is 14.7 Å². The molecule has 0 aliphatic heterocycles. The number of alkyl halides is 1. The van der Waals surface area contributed by atoms with Gasteiger partial charge in [0.1, 0.15) is 0 Å². The summed E-state index contributed by atoms with van der Waals surface area (Å²) in [5.41, 5.74) is 0.850. The molecule has 4 nitrogen and oxygen atoms in total. The second-order valence-corrected chi connectivity index (χ2v) is 4.90. The third-order valence-electron chi connectivity index (χ3n) is 2.14. The van der Waals surface area contributed by atoms with Gasteiger partial charge in [0.05, 0.1) is 4.92 Å². The number of hydrogen-bond donors (Lipinski definition) is 0. The lowest BCUT2D eigenvalue weighted by molar-refractivity contribution is -0.385. The molecule has 0 radical (unpaired) electrons. The van der Waals surface area contributed by atoms with Gasteiger partial charge < -0.3 is 0 Å². The average molecular weight is 273 g/mol. The van der Waals surface area contributed by atoms with Gasteiger partial charge in [-0.15, -0.1) is 0 Å². The largest absolute Gasteiger partial charge is 0.272 e. The highest BCUT2D eigenvalue weighted by Gasteiger charge is 2.13. The van der Waals surface area contributed by atoms with Crippen LogP contribution in [0.25, 0.3) is 0 Å². The van der Waals surface area contributed by atoms with Gasteiger partial charge in [0.15, 0.2) is 0 Å². The Morgan fingerprint density at radius 2 is 2.27 bits per heavy atom. The third-order valence-corrected chi connectivity index (χ3v) is 3.52. The molecule has 1 rings (SSSR count). The molecule has 0 bridgehead atoms. The van der Waals surface area contributed by atoms with E-state index in [1.165, 1.54) is 18.3 Å². The SMILES string of the molecule is CC(C)C(Br)Cc1cc([N+](=O)[O-])ccn1. The number of nitro groups is 1. The van der Waals surface area contributed by atoms with Crippen LogP contribution in [0.15, 0.2) is 18.3 Å². The summed E-state index contributed by atoms with van der Waals surface area (Å²) in [6.07, 6.45) is 2.19. The monoisotopic (exact) mass is 272 g/mol. The lowest BCUT2D eigenvalue weighted by Gasteiger charge is -2.12. The third kappa shape index (κ3) is 3.58. The van der Waals surface area contributed by atoms with E-state index in [9.17, 15) is 10.1 Å². The molecule has 0 aromatic carbocycles. The summed E-state index contributed by atoms with van der Waals surface area (Å²) in [6.45, 7) is 4.19. The molecule has 0 saturated carbocycles. The summed E-state index contributed by atoms with van der Waals surface area (Å²) in [4.78, 5) is 14.5. The van der Waals surface area contributed by atoms with Crippen LogP contribution in [0.1, 0.15) is 19.5 Å². The van der Waals surface area contributed by atoms with Crippen LogP contribution in [0.3, 0.4) is 0 Å². The average Bonchev–Trinajstić information content (AvgIpc) is 2.18. The first-order chi connectivity index (χ1) is 7.00. The van der Waals surface area contributed by atoms with E-state index in [0.29, 0.717) is 17.2 Å². The molecule has 0 N–H and O–H groups in total. The van der Waals surface area contributed by atoms with Crippen LogP contribution in [0, 0.1) is 16.0 Å². The van der Waals surface area contributed by atoms with Crippen molar-refractivity contribution in [2.75, 3.05) is 0 Å². The maximum atomic E-state index is 10.5. The molecule has 0 amide bonds. The lowest BCUT2D eigenvalue weighted by Crippen LogP contribution is -2.11. The fourth-order valence-electron chi connectivity index (χ4n) is 1.13. The molecule has 5 heteroatoms. The fourth-order valence-corrected chi connectivity index (χ4v) is 1.46. The van der Waals surface area contributed by atoms with E-state index in [2.05, 4.69) is 34.8 Å². The van der Waals surface area contributed by atoms with E-state index in [-0.39, 0.29) is 5.69 Å². The topological polar surface area (TPSA) is 56.0 Å². The van der Waals surface area contributed by atoms with E-state index in [0.717, 1.165) is 5.69 Å².